The molecule has 1 fully saturated rings. The highest BCUT2D eigenvalue weighted by Crippen LogP contribution is 2.28. The molecule has 4 rings (SSSR count). The van der Waals surface area contributed by atoms with Crippen LogP contribution in [0.1, 0.15) is 42.0 Å². The van der Waals surface area contributed by atoms with Gasteiger partial charge in [-0.3, -0.25) is 4.79 Å². The van der Waals surface area contributed by atoms with E-state index in [-0.39, 0.29) is 11.7 Å². The van der Waals surface area contributed by atoms with Crippen molar-refractivity contribution in [3.8, 4) is 0 Å². The van der Waals surface area contributed by atoms with E-state index in [4.69, 9.17) is 0 Å². The average molecular weight is 324 g/mol. The summed E-state index contributed by atoms with van der Waals surface area (Å²) >= 11 is 0. The number of amides is 1. The summed E-state index contributed by atoms with van der Waals surface area (Å²) < 4.78 is 13.2. The molecule has 4 heteroatoms. The van der Waals surface area contributed by atoms with E-state index in [1.165, 1.54) is 29.7 Å². The Morgan fingerprint density at radius 3 is 2.54 bits per heavy atom. The van der Waals surface area contributed by atoms with E-state index in [0.717, 1.165) is 36.9 Å². The monoisotopic (exact) mass is 324 g/mol. The Balaban J connectivity index is 1.59. The van der Waals surface area contributed by atoms with E-state index in [2.05, 4.69) is 22.8 Å². The molecule has 2 aliphatic carbocycles. The van der Waals surface area contributed by atoms with Crippen LogP contribution in [0.4, 0.5) is 10.1 Å². The summed E-state index contributed by atoms with van der Waals surface area (Å²) in [7, 11) is 0. The van der Waals surface area contributed by atoms with Gasteiger partial charge in [0.2, 0.25) is 5.91 Å². The molecule has 2 N–H and O–H groups in total. The number of carbonyl (C=O) groups excluding carboxylic acids is 1. The SMILES string of the molecule is O=C(NC1CC1)C(Nc1ccc2c(c1)CCC2)c1ccc(F)cc1. The number of rotatable bonds is 5. The fraction of sp³-hybridized carbons (Fsp3) is 0.350. The van der Waals surface area contributed by atoms with Crippen LogP contribution in [0.25, 0.3) is 0 Å². The first kappa shape index (κ1) is 15.2. The number of benzene rings is 2. The summed E-state index contributed by atoms with van der Waals surface area (Å²) in [5, 5.41) is 6.39. The Kier molecular flexibility index (Phi) is 3.97. The van der Waals surface area contributed by atoms with E-state index in [1.807, 2.05) is 6.07 Å². The lowest BCUT2D eigenvalue weighted by atomic mass is 10.0. The molecule has 0 aliphatic heterocycles. The lowest BCUT2D eigenvalue weighted by molar-refractivity contribution is -0.122. The molecule has 0 saturated heterocycles. The third-order valence-corrected chi connectivity index (χ3v) is 4.80. The summed E-state index contributed by atoms with van der Waals surface area (Å²) in [5.74, 6) is -0.345. The highest BCUT2D eigenvalue weighted by molar-refractivity contribution is 5.86. The minimum atomic E-state index is -0.509. The Hall–Kier alpha value is -2.36. The number of nitrogens with one attached hydrogen (secondary N) is 2. The third kappa shape index (κ3) is 3.28. The normalized spacial score (nSPS) is 17.2. The molecule has 0 spiro atoms. The van der Waals surface area contributed by atoms with Crippen molar-refractivity contribution in [3.05, 3.63) is 65.0 Å². The standard InChI is InChI=1S/C20H21FN2O/c21-16-7-4-14(5-8-16)19(20(24)23-17-10-11-17)22-18-9-6-13-2-1-3-15(13)12-18/h4-9,12,17,19,22H,1-3,10-11H2,(H,23,24). The molecule has 124 valence electrons. The number of anilines is 1. The Bertz CT molecular complexity index is 753. The fourth-order valence-corrected chi connectivity index (χ4v) is 3.30. The molecule has 1 atom stereocenters. The molecule has 2 aromatic rings. The first-order chi connectivity index (χ1) is 11.7. The zero-order chi connectivity index (χ0) is 16.5. The van der Waals surface area contributed by atoms with Crippen LogP contribution in [0.2, 0.25) is 0 Å². The number of hydrogen-bond donors (Lipinski definition) is 2. The summed E-state index contributed by atoms with van der Waals surface area (Å²) in [6.07, 6.45) is 5.52. The second-order valence-electron chi connectivity index (χ2n) is 6.75. The fourth-order valence-electron chi connectivity index (χ4n) is 3.30. The van der Waals surface area contributed by atoms with E-state index in [9.17, 15) is 9.18 Å². The zero-order valence-electron chi connectivity index (χ0n) is 13.5. The molecule has 1 saturated carbocycles. The van der Waals surface area contributed by atoms with Crippen molar-refractivity contribution < 1.29 is 9.18 Å². The maximum Gasteiger partial charge on any atom is 0.247 e. The molecular formula is C20H21FN2O. The Morgan fingerprint density at radius 1 is 1.04 bits per heavy atom. The Labute approximate surface area is 141 Å². The van der Waals surface area contributed by atoms with Gasteiger partial charge in [-0.05, 0) is 73.1 Å². The van der Waals surface area contributed by atoms with Gasteiger partial charge in [0.05, 0.1) is 0 Å². The van der Waals surface area contributed by atoms with Crippen LogP contribution in [0.3, 0.4) is 0 Å². The molecule has 24 heavy (non-hydrogen) atoms. The third-order valence-electron chi connectivity index (χ3n) is 4.80. The van der Waals surface area contributed by atoms with Crippen molar-refractivity contribution >= 4 is 11.6 Å². The highest BCUT2D eigenvalue weighted by Gasteiger charge is 2.28. The summed E-state index contributed by atoms with van der Waals surface area (Å²) in [6, 6.07) is 12.3. The first-order valence-corrected chi connectivity index (χ1v) is 8.63. The molecule has 3 nitrogen and oxygen atoms in total. The summed E-state index contributed by atoms with van der Waals surface area (Å²) in [5.41, 5.74) is 4.48. The number of fused-ring (bicyclic) bond motifs is 1. The van der Waals surface area contributed by atoms with Crippen LogP contribution in [0.5, 0.6) is 0 Å². The van der Waals surface area contributed by atoms with Gasteiger partial charge in [-0.15, -0.1) is 0 Å². The van der Waals surface area contributed by atoms with Gasteiger partial charge in [-0.25, -0.2) is 4.39 Å². The van der Waals surface area contributed by atoms with Crippen molar-refractivity contribution in [2.45, 2.75) is 44.2 Å². The van der Waals surface area contributed by atoms with Crippen molar-refractivity contribution in [1.82, 2.24) is 5.32 Å². The first-order valence-electron chi connectivity index (χ1n) is 8.63. The second-order valence-corrected chi connectivity index (χ2v) is 6.75. The molecule has 2 aromatic carbocycles. The number of aryl methyl sites for hydroxylation is 2. The minimum absolute atomic E-state index is 0.0513. The molecular weight excluding hydrogens is 303 g/mol. The van der Waals surface area contributed by atoms with E-state index in [0.29, 0.717) is 6.04 Å². The van der Waals surface area contributed by atoms with E-state index in [1.54, 1.807) is 12.1 Å². The quantitative estimate of drug-likeness (QED) is 0.879. The molecule has 0 bridgehead atoms. The lowest BCUT2D eigenvalue weighted by Gasteiger charge is -2.20. The molecule has 0 radical (unpaired) electrons. The molecule has 1 amide bonds. The predicted octanol–water partition coefficient (Wildman–Crippen LogP) is 3.75. The minimum Gasteiger partial charge on any atom is -0.370 e. The Morgan fingerprint density at radius 2 is 1.79 bits per heavy atom. The summed E-state index contributed by atoms with van der Waals surface area (Å²) in [6.45, 7) is 0. The maximum absolute atomic E-state index is 13.2. The van der Waals surface area contributed by atoms with Crippen molar-refractivity contribution in [3.63, 3.8) is 0 Å². The van der Waals surface area contributed by atoms with E-state index >= 15 is 0 Å². The van der Waals surface area contributed by atoms with Gasteiger partial charge in [0.25, 0.3) is 0 Å². The smallest absolute Gasteiger partial charge is 0.247 e. The van der Waals surface area contributed by atoms with Gasteiger partial charge in [0.15, 0.2) is 0 Å². The van der Waals surface area contributed by atoms with Gasteiger partial charge in [0.1, 0.15) is 11.9 Å². The van der Waals surface area contributed by atoms with Crippen LogP contribution in [-0.4, -0.2) is 11.9 Å². The van der Waals surface area contributed by atoms with Crippen LogP contribution in [-0.2, 0) is 17.6 Å². The molecule has 0 heterocycles. The van der Waals surface area contributed by atoms with Gasteiger partial charge in [-0.1, -0.05) is 18.2 Å². The van der Waals surface area contributed by atoms with Crippen molar-refractivity contribution in [1.29, 1.82) is 0 Å². The molecule has 2 aliphatic rings. The van der Waals surface area contributed by atoms with Gasteiger partial charge >= 0.3 is 0 Å². The average Bonchev–Trinajstić information content (AvgIpc) is 3.27. The maximum atomic E-state index is 13.2. The van der Waals surface area contributed by atoms with Gasteiger partial charge in [0, 0.05) is 11.7 Å². The summed E-state index contributed by atoms with van der Waals surface area (Å²) in [4.78, 5) is 12.6. The predicted molar refractivity (Wildman–Crippen MR) is 92.4 cm³/mol. The zero-order valence-corrected chi connectivity index (χ0v) is 13.5. The van der Waals surface area contributed by atoms with Crippen LogP contribution in [0.15, 0.2) is 42.5 Å². The largest absolute Gasteiger partial charge is 0.370 e. The number of halogens is 1. The topological polar surface area (TPSA) is 41.1 Å². The van der Waals surface area contributed by atoms with Crippen LogP contribution < -0.4 is 10.6 Å². The van der Waals surface area contributed by atoms with Crippen molar-refractivity contribution in [2.24, 2.45) is 0 Å². The van der Waals surface area contributed by atoms with Crippen molar-refractivity contribution in [2.75, 3.05) is 5.32 Å². The molecule has 0 aromatic heterocycles. The molecule has 1 unspecified atom stereocenters. The van der Waals surface area contributed by atoms with Gasteiger partial charge in [-0.2, -0.15) is 0 Å². The van der Waals surface area contributed by atoms with Gasteiger partial charge < -0.3 is 10.6 Å². The van der Waals surface area contributed by atoms with Crippen LogP contribution in [0, 0.1) is 5.82 Å². The second kappa shape index (κ2) is 6.27. The highest BCUT2D eigenvalue weighted by atomic mass is 19.1. The van der Waals surface area contributed by atoms with E-state index < -0.39 is 6.04 Å². The van der Waals surface area contributed by atoms with Crippen LogP contribution >= 0.6 is 0 Å². The number of hydrogen-bond acceptors (Lipinski definition) is 2. The number of carbonyl (C=O) groups is 1. The lowest BCUT2D eigenvalue weighted by Crippen LogP contribution is -2.34.